The van der Waals surface area contributed by atoms with Crippen LogP contribution in [0.3, 0.4) is 0 Å². The van der Waals surface area contributed by atoms with E-state index < -0.39 is 0 Å². The molecule has 1 saturated heterocycles. The van der Waals surface area contributed by atoms with Crippen molar-refractivity contribution in [2.75, 3.05) is 26.7 Å². The van der Waals surface area contributed by atoms with Crippen LogP contribution in [0.1, 0.15) is 57.9 Å². The first kappa shape index (κ1) is 23.0. The summed E-state index contributed by atoms with van der Waals surface area (Å²) in [6.07, 6.45) is 6.58. The molecule has 2 rings (SSSR count). The first-order valence-electron chi connectivity index (χ1n) is 10.5. The number of nitrogens with one attached hydrogen (secondary N) is 1. The largest absolute Gasteiger partial charge is 0.503 e. The van der Waals surface area contributed by atoms with Gasteiger partial charge in [-0.3, -0.25) is 9.69 Å². The molecule has 1 amide bonds. The van der Waals surface area contributed by atoms with E-state index in [1.54, 1.807) is 7.11 Å². The van der Waals surface area contributed by atoms with Crippen molar-refractivity contribution in [3.63, 3.8) is 0 Å². The highest BCUT2D eigenvalue weighted by Gasteiger charge is 2.25. The minimum atomic E-state index is 0.126. The molecule has 158 valence electrons. The number of nitrogens with zero attached hydrogens (tertiary/aromatic N) is 1. The molecule has 1 heterocycles. The number of phenols is 1. The highest BCUT2D eigenvalue weighted by atomic mass is 79.9. The Morgan fingerprint density at radius 3 is 2.68 bits per heavy atom. The third-order valence-corrected chi connectivity index (χ3v) is 6.39. The highest BCUT2D eigenvalue weighted by Crippen LogP contribution is 2.35. The summed E-state index contributed by atoms with van der Waals surface area (Å²) in [5.74, 6) is 1.56. The van der Waals surface area contributed by atoms with Crippen molar-refractivity contribution in [1.82, 2.24) is 10.2 Å². The number of phenolic OH excluding ortho intramolecular Hbond substituents is 1. The summed E-state index contributed by atoms with van der Waals surface area (Å²) in [6, 6.07) is 3.80. The van der Waals surface area contributed by atoms with Crippen LogP contribution < -0.4 is 10.1 Å². The lowest BCUT2D eigenvalue weighted by Crippen LogP contribution is -2.41. The van der Waals surface area contributed by atoms with E-state index in [1.807, 2.05) is 12.1 Å². The molecule has 1 atom stereocenters. The van der Waals surface area contributed by atoms with Gasteiger partial charge in [0, 0.05) is 19.0 Å². The monoisotopic (exact) mass is 454 g/mol. The lowest BCUT2D eigenvalue weighted by molar-refractivity contribution is -0.126. The minimum absolute atomic E-state index is 0.126. The maximum Gasteiger partial charge on any atom is 0.223 e. The Balaban J connectivity index is 1.79. The van der Waals surface area contributed by atoms with Crippen molar-refractivity contribution in [1.29, 1.82) is 0 Å². The van der Waals surface area contributed by atoms with E-state index in [9.17, 15) is 9.90 Å². The van der Waals surface area contributed by atoms with Crippen molar-refractivity contribution in [3.8, 4) is 11.5 Å². The number of halogens is 1. The van der Waals surface area contributed by atoms with Gasteiger partial charge in [-0.25, -0.2) is 0 Å². The van der Waals surface area contributed by atoms with Crippen molar-refractivity contribution in [2.45, 2.75) is 58.9 Å². The van der Waals surface area contributed by atoms with Crippen LogP contribution >= 0.6 is 15.9 Å². The minimum Gasteiger partial charge on any atom is -0.503 e. The zero-order valence-electron chi connectivity index (χ0n) is 17.5. The molecule has 0 bridgehead atoms. The van der Waals surface area contributed by atoms with Gasteiger partial charge in [0.1, 0.15) is 0 Å². The third-order valence-electron chi connectivity index (χ3n) is 5.78. The molecular weight excluding hydrogens is 420 g/mol. The Morgan fingerprint density at radius 1 is 1.36 bits per heavy atom. The number of likely N-dealkylation sites (tertiary alicyclic amines) is 1. The first-order chi connectivity index (χ1) is 13.5. The second-order valence-electron chi connectivity index (χ2n) is 7.84. The molecular formula is C22H35BrN2O3. The molecule has 1 fully saturated rings. The van der Waals surface area contributed by atoms with Gasteiger partial charge in [-0.2, -0.15) is 0 Å². The quantitative estimate of drug-likeness (QED) is 0.537. The van der Waals surface area contributed by atoms with Gasteiger partial charge in [-0.1, -0.05) is 33.1 Å². The van der Waals surface area contributed by atoms with Crippen LogP contribution in [0.25, 0.3) is 0 Å². The molecule has 1 aromatic rings. The number of carbonyl (C=O) groups is 1. The van der Waals surface area contributed by atoms with Crippen molar-refractivity contribution >= 4 is 21.8 Å². The number of hydrogen-bond acceptors (Lipinski definition) is 4. The second kappa shape index (κ2) is 11.7. The van der Waals surface area contributed by atoms with E-state index in [4.69, 9.17) is 4.74 Å². The van der Waals surface area contributed by atoms with Gasteiger partial charge >= 0.3 is 0 Å². The summed E-state index contributed by atoms with van der Waals surface area (Å²) in [5, 5.41) is 13.1. The molecule has 1 aromatic carbocycles. The number of carbonyl (C=O) groups excluding carboxylic acids is 1. The lowest BCUT2D eigenvalue weighted by atomic mass is 9.94. The number of methoxy groups -OCH3 is 1. The zero-order chi connectivity index (χ0) is 20.5. The topological polar surface area (TPSA) is 61.8 Å². The number of piperidine rings is 1. The standard InChI is InChI=1S/C22H35BrN2O3/c1-4-6-7-16(5-2)14-24-22(27)18-8-10-25(11-9-18)15-17-12-19(23)21(26)20(13-17)28-3/h12-13,16,18,26H,4-11,14-15H2,1-3H3,(H,24,27)/t16-/m0/s1. The average Bonchev–Trinajstić information content (AvgIpc) is 2.71. The van der Waals surface area contributed by atoms with Gasteiger partial charge in [-0.15, -0.1) is 0 Å². The normalized spacial score (nSPS) is 16.7. The van der Waals surface area contributed by atoms with E-state index in [0.717, 1.165) is 51.0 Å². The van der Waals surface area contributed by atoms with Crippen LogP contribution in [0.2, 0.25) is 0 Å². The van der Waals surface area contributed by atoms with Crippen LogP contribution in [0.4, 0.5) is 0 Å². The zero-order valence-corrected chi connectivity index (χ0v) is 19.1. The number of aromatic hydroxyl groups is 1. The van der Waals surface area contributed by atoms with Crippen molar-refractivity contribution in [2.24, 2.45) is 11.8 Å². The fourth-order valence-electron chi connectivity index (χ4n) is 3.82. The van der Waals surface area contributed by atoms with Gasteiger partial charge in [0.25, 0.3) is 0 Å². The maximum absolute atomic E-state index is 12.5. The molecule has 1 aliphatic heterocycles. The summed E-state index contributed by atoms with van der Waals surface area (Å²) in [6.45, 7) is 7.85. The van der Waals surface area contributed by atoms with Crippen LogP contribution in [0, 0.1) is 11.8 Å². The molecule has 0 aliphatic carbocycles. The maximum atomic E-state index is 12.5. The Hall–Kier alpha value is -1.27. The number of unbranched alkanes of at least 4 members (excludes halogenated alkanes) is 1. The number of rotatable bonds is 10. The second-order valence-corrected chi connectivity index (χ2v) is 8.69. The summed E-state index contributed by atoms with van der Waals surface area (Å²) < 4.78 is 5.88. The molecule has 6 heteroatoms. The Morgan fingerprint density at radius 2 is 2.07 bits per heavy atom. The van der Waals surface area contributed by atoms with Crippen LogP contribution in [0.5, 0.6) is 11.5 Å². The van der Waals surface area contributed by atoms with E-state index in [1.165, 1.54) is 19.3 Å². The predicted octanol–water partition coefficient (Wildman–Crippen LogP) is 4.71. The fraction of sp³-hybridized carbons (Fsp3) is 0.682. The molecule has 0 saturated carbocycles. The molecule has 0 aromatic heterocycles. The van der Waals surface area contributed by atoms with Crippen LogP contribution in [-0.2, 0) is 11.3 Å². The first-order valence-corrected chi connectivity index (χ1v) is 11.3. The van der Waals surface area contributed by atoms with E-state index in [2.05, 4.69) is 40.0 Å². The van der Waals surface area contributed by atoms with Gasteiger partial charge in [0.05, 0.1) is 11.6 Å². The van der Waals surface area contributed by atoms with Gasteiger partial charge in [-0.05, 0) is 71.9 Å². The molecule has 0 unspecified atom stereocenters. The molecule has 28 heavy (non-hydrogen) atoms. The summed E-state index contributed by atoms with van der Waals surface area (Å²) in [5.41, 5.74) is 1.09. The molecule has 0 spiro atoms. The fourth-order valence-corrected chi connectivity index (χ4v) is 4.31. The SMILES string of the molecule is CCCC[C@H](CC)CNC(=O)C1CCN(Cc2cc(Br)c(O)c(OC)c2)CC1. The van der Waals surface area contributed by atoms with Crippen LogP contribution in [0.15, 0.2) is 16.6 Å². The molecule has 1 aliphatic rings. The summed E-state index contributed by atoms with van der Waals surface area (Å²) >= 11 is 3.38. The van der Waals surface area contributed by atoms with E-state index in [-0.39, 0.29) is 17.6 Å². The number of hydrogen-bond donors (Lipinski definition) is 2. The van der Waals surface area contributed by atoms with Crippen LogP contribution in [-0.4, -0.2) is 42.7 Å². The number of ether oxygens (including phenoxy) is 1. The Labute approximate surface area is 178 Å². The Kier molecular flexibility index (Phi) is 9.59. The predicted molar refractivity (Wildman–Crippen MR) is 117 cm³/mol. The van der Waals surface area contributed by atoms with Gasteiger partial charge in [0.15, 0.2) is 11.5 Å². The van der Waals surface area contributed by atoms with Crippen molar-refractivity contribution in [3.05, 3.63) is 22.2 Å². The lowest BCUT2D eigenvalue weighted by Gasteiger charge is -2.31. The Bertz CT molecular complexity index is 630. The summed E-state index contributed by atoms with van der Waals surface area (Å²) in [4.78, 5) is 14.9. The highest BCUT2D eigenvalue weighted by molar-refractivity contribution is 9.10. The van der Waals surface area contributed by atoms with E-state index >= 15 is 0 Å². The molecule has 0 radical (unpaired) electrons. The van der Waals surface area contributed by atoms with E-state index in [0.29, 0.717) is 16.1 Å². The number of benzene rings is 1. The smallest absolute Gasteiger partial charge is 0.223 e. The molecule has 5 nitrogen and oxygen atoms in total. The number of amides is 1. The van der Waals surface area contributed by atoms with Gasteiger partial charge < -0.3 is 15.2 Å². The van der Waals surface area contributed by atoms with Gasteiger partial charge in [0.2, 0.25) is 5.91 Å². The van der Waals surface area contributed by atoms with Crippen molar-refractivity contribution < 1.29 is 14.6 Å². The average molecular weight is 455 g/mol. The third kappa shape index (κ3) is 6.66. The summed E-state index contributed by atoms with van der Waals surface area (Å²) in [7, 11) is 1.56. The molecule has 2 N–H and O–H groups in total.